The summed E-state index contributed by atoms with van der Waals surface area (Å²) in [6, 6.07) is 4.46. The molecular formula is C11H11NO4. The second-order valence-corrected chi connectivity index (χ2v) is 3.98. The third-order valence-corrected chi connectivity index (χ3v) is 2.96. The number of hydrogen-bond donors (Lipinski definition) is 1. The first-order chi connectivity index (χ1) is 7.52. The number of aliphatic hydroxyl groups is 1. The summed E-state index contributed by atoms with van der Waals surface area (Å²) < 4.78 is 0. The fraction of sp³-hybridized carbons (Fsp3) is 0.364. The van der Waals surface area contributed by atoms with E-state index >= 15 is 0 Å². The summed E-state index contributed by atoms with van der Waals surface area (Å²) in [5.74, 6) is -0.746. The molecule has 1 aromatic carbocycles. The maximum atomic E-state index is 11.8. The monoisotopic (exact) mass is 221 g/mol. The minimum absolute atomic E-state index is 0.0333. The van der Waals surface area contributed by atoms with Gasteiger partial charge in [0, 0.05) is 17.2 Å². The number of fused-ring (bicyclic) bond motifs is 1. The van der Waals surface area contributed by atoms with Crippen LogP contribution < -0.4 is 0 Å². The maximum Gasteiger partial charge on any atom is 0.273 e. The molecule has 0 spiro atoms. The predicted molar refractivity (Wildman–Crippen MR) is 56.3 cm³/mol. The van der Waals surface area contributed by atoms with Crippen LogP contribution in [0.1, 0.15) is 22.8 Å². The lowest BCUT2D eigenvalue weighted by atomic mass is 9.99. The van der Waals surface area contributed by atoms with Crippen LogP contribution in [0.25, 0.3) is 0 Å². The Morgan fingerprint density at radius 3 is 2.81 bits per heavy atom. The van der Waals surface area contributed by atoms with Crippen molar-refractivity contribution in [3.05, 3.63) is 39.4 Å². The Morgan fingerprint density at radius 2 is 2.25 bits per heavy atom. The Labute approximate surface area is 91.9 Å². The van der Waals surface area contributed by atoms with E-state index in [9.17, 15) is 20.0 Å². The van der Waals surface area contributed by atoms with Crippen molar-refractivity contribution in [3.63, 3.8) is 0 Å². The molecule has 0 saturated carbocycles. The lowest BCUT2D eigenvalue weighted by molar-refractivity contribution is -0.385. The van der Waals surface area contributed by atoms with Crippen molar-refractivity contribution >= 4 is 11.5 Å². The summed E-state index contributed by atoms with van der Waals surface area (Å²) in [6.07, 6.45) is -0.525. The van der Waals surface area contributed by atoms with Crippen molar-refractivity contribution in [2.24, 2.45) is 5.92 Å². The van der Waals surface area contributed by atoms with Crippen LogP contribution in [0, 0.1) is 16.0 Å². The highest BCUT2D eigenvalue weighted by atomic mass is 16.6. The third kappa shape index (κ3) is 1.49. The molecule has 1 aromatic rings. The minimum Gasteiger partial charge on any atom is -0.393 e. The van der Waals surface area contributed by atoms with E-state index in [1.807, 2.05) is 0 Å². The van der Waals surface area contributed by atoms with Crippen molar-refractivity contribution in [1.29, 1.82) is 0 Å². The number of Topliss-reactive ketones (excluding diaryl/α,β-unsaturated/α-hetero) is 1. The molecular weight excluding hydrogens is 210 g/mol. The minimum atomic E-state index is -0.778. The van der Waals surface area contributed by atoms with E-state index in [4.69, 9.17) is 0 Å². The molecule has 0 amide bonds. The second-order valence-electron chi connectivity index (χ2n) is 3.98. The van der Waals surface area contributed by atoms with Gasteiger partial charge in [0.15, 0.2) is 5.78 Å². The van der Waals surface area contributed by atoms with Gasteiger partial charge in [-0.15, -0.1) is 0 Å². The Morgan fingerprint density at radius 1 is 1.56 bits per heavy atom. The average Bonchev–Trinajstić information content (AvgIpc) is 2.56. The van der Waals surface area contributed by atoms with Crippen LogP contribution in [-0.2, 0) is 6.42 Å². The molecule has 1 aliphatic rings. The van der Waals surface area contributed by atoms with Crippen LogP contribution in [0.3, 0.4) is 0 Å². The molecule has 5 heteroatoms. The number of ketones is 1. The van der Waals surface area contributed by atoms with Crippen molar-refractivity contribution in [2.75, 3.05) is 0 Å². The predicted octanol–water partition coefficient (Wildman–Crippen LogP) is 1.33. The first-order valence-electron chi connectivity index (χ1n) is 5.01. The zero-order chi connectivity index (χ0) is 11.9. The van der Waals surface area contributed by atoms with E-state index in [-0.39, 0.29) is 17.9 Å². The topological polar surface area (TPSA) is 80.4 Å². The fourth-order valence-corrected chi connectivity index (χ4v) is 2.09. The van der Waals surface area contributed by atoms with Crippen molar-refractivity contribution in [1.82, 2.24) is 0 Å². The molecule has 0 aliphatic heterocycles. The molecule has 0 aromatic heterocycles. The van der Waals surface area contributed by atoms with Crippen LogP contribution in [-0.4, -0.2) is 21.9 Å². The highest BCUT2D eigenvalue weighted by molar-refractivity contribution is 6.03. The van der Waals surface area contributed by atoms with Gasteiger partial charge in [0.1, 0.15) is 0 Å². The van der Waals surface area contributed by atoms with E-state index in [1.54, 1.807) is 6.07 Å². The highest BCUT2D eigenvalue weighted by Crippen LogP contribution is 2.34. The molecule has 5 nitrogen and oxygen atoms in total. The third-order valence-electron chi connectivity index (χ3n) is 2.96. The summed E-state index contributed by atoms with van der Waals surface area (Å²) >= 11 is 0. The number of carbonyl (C=O) groups excluding carboxylic acids is 1. The first kappa shape index (κ1) is 10.8. The van der Waals surface area contributed by atoms with Gasteiger partial charge in [-0.05, 0) is 13.3 Å². The van der Waals surface area contributed by atoms with Crippen LogP contribution in [0.5, 0.6) is 0 Å². The second kappa shape index (κ2) is 3.68. The van der Waals surface area contributed by atoms with Gasteiger partial charge in [0.2, 0.25) is 0 Å². The van der Waals surface area contributed by atoms with E-state index in [1.165, 1.54) is 19.1 Å². The van der Waals surface area contributed by atoms with Gasteiger partial charge < -0.3 is 5.11 Å². The van der Waals surface area contributed by atoms with E-state index < -0.39 is 16.9 Å². The zero-order valence-corrected chi connectivity index (χ0v) is 8.71. The number of benzene rings is 1. The SMILES string of the molecule is CC(O)C1Cc2c(cccc2[N+](=O)[O-])C1=O. The largest absolute Gasteiger partial charge is 0.393 e. The molecule has 0 fully saturated rings. The number of rotatable bonds is 2. The number of carbonyl (C=O) groups is 1. The molecule has 2 unspecified atom stereocenters. The number of hydrogen-bond acceptors (Lipinski definition) is 4. The number of aliphatic hydroxyl groups excluding tert-OH is 1. The molecule has 1 N–H and O–H groups in total. The smallest absolute Gasteiger partial charge is 0.273 e. The van der Waals surface area contributed by atoms with Gasteiger partial charge in [-0.2, -0.15) is 0 Å². The number of nitrogens with zero attached hydrogens (tertiary/aromatic N) is 1. The van der Waals surface area contributed by atoms with Gasteiger partial charge in [-0.25, -0.2) is 0 Å². The van der Waals surface area contributed by atoms with E-state index in [0.717, 1.165) is 0 Å². The summed E-state index contributed by atoms with van der Waals surface area (Å²) in [5, 5.41) is 20.2. The molecule has 0 saturated heterocycles. The quantitative estimate of drug-likeness (QED) is 0.603. The zero-order valence-electron chi connectivity index (χ0n) is 8.71. The van der Waals surface area contributed by atoms with Crippen LogP contribution in [0.4, 0.5) is 5.69 Å². The van der Waals surface area contributed by atoms with Crippen molar-refractivity contribution in [3.8, 4) is 0 Å². The Balaban J connectivity index is 2.51. The summed E-state index contributed by atoms with van der Waals surface area (Å²) in [7, 11) is 0. The Bertz CT molecular complexity index is 467. The molecule has 0 radical (unpaired) electrons. The van der Waals surface area contributed by atoms with Crippen molar-refractivity contribution in [2.45, 2.75) is 19.4 Å². The molecule has 0 bridgehead atoms. The summed E-state index contributed by atoms with van der Waals surface area (Å²) in [5.41, 5.74) is 0.789. The van der Waals surface area contributed by atoms with Gasteiger partial charge >= 0.3 is 0 Å². The standard InChI is InChI=1S/C11H11NO4/c1-6(13)8-5-9-7(11(8)14)3-2-4-10(9)12(15)16/h2-4,6,8,13H,5H2,1H3. The molecule has 2 atom stereocenters. The lowest BCUT2D eigenvalue weighted by Crippen LogP contribution is -2.22. The molecule has 1 aliphatic carbocycles. The number of nitro benzene ring substituents is 1. The van der Waals surface area contributed by atoms with Gasteiger partial charge in [0.05, 0.1) is 16.9 Å². The number of nitro groups is 1. The first-order valence-corrected chi connectivity index (χ1v) is 5.01. The van der Waals surface area contributed by atoms with Crippen LogP contribution in [0.15, 0.2) is 18.2 Å². The van der Waals surface area contributed by atoms with Gasteiger partial charge in [-0.3, -0.25) is 14.9 Å². The van der Waals surface area contributed by atoms with E-state index in [0.29, 0.717) is 11.1 Å². The Kier molecular flexibility index (Phi) is 2.47. The van der Waals surface area contributed by atoms with Gasteiger partial charge in [0.25, 0.3) is 5.69 Å². The van der Waals surface area contributed by atoms with Crippen LogP contribution >= 0.6 is 0 Å². The molecule has 0 heterocycles. The highest BCUT2D eigenvalue weighted by Gasteiger charge is 2.37. The molecule has 84 valence electrons. The van der Waals surface area contributed by atoms with Crippen LogP contribution in [0.2, 0.25) is 0 Å². The normalized spacial score (nSPS) is 20.6. The maximum absolute atomic E-state index is 11.8. The fourth-order valence-electron chi connectivity index (χ4n) is 2.09. The summed E-state index contributed by atoms with van der Waals surface area (Å²) in [4.78, 5) is 22.1. The molecule has 16 heavy (non-hydrogen) atoms. The average molecular weight is 221 g/mol. The summed E-state index contributed by atoms with van der Waals surface area (Å²) in [6.45, 7) is 1.53. The van der Waals surface area contributed by atoms with Crippen molar-refractivity contribution < 1.29 is 14.8 Å². The Hall–Kier alpha value is -1.75. The van der Waals surface area contributed by atoms with E-state index in [2.05, 4.69) is 0 Å². The lowest BCUT2D eigenvalue weighted by Gasteiger charge is -2.09. The molecule has 2 rings (SSSR count). The van der Waals surface area contributed by atoms with Gasteiger partial charge in [-0.1, -0.05) is 12.1 Å².